The van der Waals surface area contributed by atoms with Crippen LogP contribution in [0.15, 0.2) is 77.6 Å². The van der Waals surface area contributed by atoms with Crippen LogP contribution >= 0.6 is 11.6 Å². The molecule has 0 amide bonds. The molecule has 0 bridgehead atoms. The molecule has 146 valence electrons. The minimum atomic E-state index is -4.56. The van der Waals surface area contributed by atoms with Crippen molar-refractivity contribution in [1.29, 1.82) is 0 Å². The summed E-state index contributed by atoms with van der Waals surface area (Å²) in [7, 11) is 0. The summed E-state index contributed by atoms with van der Waals surface area (Å²) >= 11 is 5.91. The van der Waals surface area contributed by atoms with E-state index in [1.54, 1.807) is 54.6 Å². The number of alkyl halides is 3. The quantitative estimate of drug-likeness (QED) is 0.460. The number of para-hydroxylation sites is 1. The number of nitrogens with zero attached hydrogens (tertiary/aromatic N) is 2. The number of rotatable bonds is 3. The highest BCUT2D eigenvalue weighted by atomic mass is 35.5. The summed E-state index contributed by atoms with van der Waals surface area (Å²) in [5.41, 5.74) is -0.254. The van der Waals surface area contributed by atoms with Gasteiger partial charge >= 0.3 is 6.18 Å². The van der Waals surface area contributed by atoms with Crippen LogP contribution in [0.3, 0.4) is 0 Å². The Hall–Kier alpha value is -3.32. The molecular weight excluding hydrogens is 403 g/mol. The van der Waals surface area contributed by atoms with Crippen LogP contribution in [0.2, 0.25) is 5.02 Å². The van der Waals surface area contributed by atoms with Gasteiger partial charge in [0.15, 0.2) is 0 Å². The van der Waals surface area contributed by atoms with E-state index in [-0.39, 0.29) is 16.9 Å². The Morgan fingerprint density at radius 2 is 1.62 bits per heavy atom. The minimum Gasteiger partial charge on any atom is -0.325 e. The van der Waals surface area contributed by atoms with Gasteiger partial charge in [0, 0.05) is 10.7 Å². The van der Waals surface area contributed by atoms with E-state index in [4.69, 9.17) is 11.6 Å². The third-order valence-corrected chi connectivity index (χ3v) is 4.56. The second-order valence-corrected chi connectivity index (χ2v) is 6.71. The number of benzene rings is 3. The van der Waals surface area contributed by atoms with E-state index in [0.717, 1.165) is 12.1 Å². The van der Waals surface area contributed by atoms with E-state index < -0.39 is 17.3 Å². The normalized spacial score (nSPS) is 11.6. The van der Waals surface area contributed by atoms with Gasteiger partial charge in [-0.15, -0.1) is 0 Å². The first kappa shape index (κ1) is 19.0. The summed E-state index contributed by atoms with van der Waals surface area (Å²) < 4.78 is 40.6. The van der Waals surface area contributed by atoms with E-state index in [2.05, 4.69) is 10.3 Å². The molecule has 4 aromatic rings. The zero-order valence-electron chi connectivity index (χ0n) is 14.7. The molecule has 0 unspecified atom stereocenters. The third-order valence-electron chi connectivity index (χ3n) is 4.31. The van der Waals surface area contributed by atoms with Crippen LogP contribution in [0, 0.1) is 0 Å². The van der Waals surface area contributed by atoms with Crippen LogP contribution in [0.1, 0.15) is 5.56 Å². The van der Waals surface area contributed by atoms with Gasteiger partial charge in [0.1, 0.15) is 0 Å². The van der Waals surface area contributed by atoms with Gasteiger partial charge < -0.3 is 5.32 Å². The number of aromatic nitrogens is 2. The van der Waals surface area contributed by atoms with Gasteiger partial charge in [-0.2, -0.15) is 13.2 Å². The highest BCUT2D eigenvalue weighted by Gasteiger charge is 2.31. The zero-order chi connectivity index (χ0) is 20.6. The molecule has 0 spiro atoms. The van der Waals surface area contributed by atoms with Crippen LogP contribution in [0.25, 0.3) is 16.6 Å². The first-order valence-corrected chi connectivity index (χ1v) is 8.93. The van der Waals surface area contributed by atoms with Crippen LogP contribution in [-0.2, 0) is 6.18 Å². The van der Waals surface area contributed by atoms with E-state index >= 15 is 0 Å². The summed E-state index contributed by atoms with van der Waals surface area (Å²) in [5.74, 6) is 0.177. The molecule has 3 aromatic carbocycles. The number of anilines is 2. The number of hydrogen-bond acceptors (Lipinski definition) is 3. The van der Waals surface area contributed by atoms with E-state index in [1.165, 1.54) is 10.6 Å². The van der Waals surface area contributed by atoms with Gasteiger partial charge in [-0.25, -0.2) is 9.55 Å². The molecule has 8 heteroatoms. The van der Waals surface area contributed by atoms with Crippen LogP contribution < -0.4 is 10.9 Å². The second-order valence-electron chi connectivity index (χ2n) is 6.27. The summed E-state index contributed by atoms with van der Waals surface area (Å²) in [6, 6.07) is 18.3. The molecule has 0 atom stereocenters. The molecule has 0 aliphatic rings. The maximum atomic E-state index is 13.2. The summed E-state index contributed by atoms with van der Waals surface area (Å²) in [6.45, 7) is 0. The first-order chi connectivity index (χ1) is 13.8. The molecule has 0 saturated carbocycles. The van der Waals surface area contributed by atoms with Crippen molar-refractivity contribution < 1.29 is 13.2 Å². The van der Waals surface area contributed by atoms with Crippen molar-refractivity contribution in [3.05, 3.63) is 93.7 Å². The van der Waals surface area contributed by atoms with Gasteiger partial charge in [-0.1, -0.05) is 29.8 Å². The van der Waals surface area contributed by atoms with Crippen molar-refractivity contribution in [3.63, 3.8) is 0 Å². The Morgan fingerprint density at radius 3 is 2.28 bits per heavy atom. The van der Waals surface area contributed by atoms with Gasteiger partial charge in [-0.05, 0) is 54.6 Å². The van der Waals surface area contributed by atoms with Crippen molar-refractivity contribution >= 4 is 34.1 Å². The first-order valence-electron chi connectivity index (χ1n) is 8.55. The molecule has 1 N–H and O–H groups in total. The lowest BCUT2D eigenvalue weighted by Crippen LogP contribution is -2.23. The standard InChI is InChI=1S/C21H13ClF3N3O/c22-14-7-9-15(10-8-14)26-20-27-18-11-6-13(21(23,24)25)12-17(18)19(29)28(20)16-4-2-1-3-5-16/h1-12H,(H,26,27). The van der Waals surface area contributed by atoms with E-state index in [9.17, 15) is 18.0 Å². The van der Waals surface area contributed by atoms with Crippen molar-refractivity contribution in [2.75, 3.05) is 5.32 Å². The fraction of sp³-hybridized carbons (Fsp3) is 0.0476. The Labute approximate surface area is 168 Å². The Morgan fingerprint density at radius 1 is 0.931 bits per heavy atom. The Bertz CT molecular complexity index is 1240. The average Bonchev–Trinajstić information content (AvgIpc) is 2.70. The molecule has 4 rings (SSSR count). The SMILES string of the molecule is O=c1c2cc(C(F)(F)F)ccc2nc(Nc2ccc(Cl)cc2)n1-c1ccccc1. The predicted octanol–water partition coefficient (Wildman–Crippen LogP) is 5.80. The van der Waals surface area contributed by atoms with Crippen LogP contribution in [0.4, 0.5) is 24.8 Å². The smallest absolute Gasteiger partial charge is 0.325 e. The molecule has 1 heterocycles. The summed E-state index contributed by atoms with van der Waals surface area (Å²) in [4.78, 5) is 17.6. The minimum absolute atomic E-state index is 0.120. The van der Waals surface area contributed by atoms with Crippen molar-refractivity contribution in [2.45, 2.75) is 6.18 Å². The predicted molar refractivity (Wildman–Crippen MR) is 107 cm³/mol. The fourth-order valence-electron chi connectivity index (χ4n) is 2.92. The lowest BCUT2D eigenvalue weighted by atomic mass is 10.1. The van der Waals surface area contributed by atoms with E-state index in [0.29, 0.717) is 16.4 Å². The van der Waals surface area contributed by atoms with Crippen molar-refractivity contribution in [1.82, 2.24) is 9.55 Å². The van der Waals surface area contributed by atoms with Gasteiger partial charge in [0.25, 0.3) is 5.56 Å². The third kappa shape index (κ3) is 3.82. The number of fused-ring (bicyclic) bond motifs is 1. The fourth-order valence-corrected chi connectivity index (χ4v) is 3.05. The average molecular weight is 416 g/mol. The van der Waals surface area contributed by atoms with E-state index in [1.807, 2.05) is 0 Å². The highest BCUT2D eigenvalue weighted by molar-refractivity contribution is 6.30. The molecule has 29 heavy (non-hydrogen) atoms. The Balaban J connectivity index is 1.96. The molecule has 0 aliphatic carbocycles. The lowest BCUT2D eigenvalue weighted by Gasteiger charge is -2.16. The molecule has 1 aromatic heterocycles. The topological polar surface area (TPSA) is 46.9 Å². The number of hydrogen-bond donors (Lipinski definition) is 1. The molecule has 0 saturated heterocycles. The van der Waals surface area contributed by atoms with Gasteiger partial charge in [0.05, 0.1) is 22.2 Å². The molecule has 0 fully saturated rings. The molecular formula is C21H13ClF3N3O. The summed E-state index contributed by atoms with van der Waals surface area (Å²) in [6.07, 6.45) is -4.56. The maximum Gasteiger partial charge on any atom is 0.416 e. The number of halogens is 4. The van der Waals surface area contributed by atoms with Crippen molar-refractivity contribution in [2.24, 2.45) is 0 Å². The maximum absolute atomic E-state index is 13.2. The highest BCUT2D eigenvalue weighted by Crippen LogP contribution is 2.31. The largest absolute Gasteiger partial charge is 0.416 e. The summed E-state index contributed by atoms with van der Waals surface area (Å²) in [5, 5.41) is 3.47. The second kappa shape index (κ2) is 7.25. The molecule has 4 nitrogen and oxygen atoms in total. The lowest BCUT2D eigenvalue weighted by molar-refractivity contribution is -0.137. The van der Waals surface area contributed by atoms with Gasteiger partial charge in [0.2, 0.25) is 5.95 Å². The Kier molecular flexibility index (Phi) is 4.76. The molecule has 0 aliphatic heterocycles. The van der Waals surface area contributed by atoms with Gasteiger partial charge in [-0.3, -0.25) is 4.79 Å². The zero-order valence-corrected chi connectivity index (χ0v) is 15.5. The monoisotopic (exact) mass is 415 g/mol. The number of nitrogens with one attached hydrogen (secondary N) is 1. The van der Waals surface area contributed by atoms with Crippen LogP contribution in [0.5, 0.6) is 0 Å². The van der Waals surface area contributed by atoms with Crippen LogP contribution in [-0.4, -0.2) is 9.55 Å². The van der Waals surface area contributed by atoms with Crippen molar-refractivity contribution in [3.8, 4) is 5.69 Å². The molecule has 0 radical (unpaired) electrons.